The van der Waals surface area contributed by atoms with E-state index in [2.05, 4.69) is 53.5 Å². The van der Waals surface area contributed by atoms with E-state index in [4.69, 9.17) is 5.73 Å². The first-order chi connectivity index (χ1) is 9.81. The molecule has 0 aliphatic carbocycles. The van der Waals surface area contributed by atoms with Crippen LogP contribution in [-0.2, 0) is 0 Å². The van der Waals surface area contributed by atoms with Gasteiger partial charge in [-0.05, 0) is 35.0 Å². The highest BCUT2D eigenvalue weighted by molar-refractivity contribution is 5.99. The van der Waals surface area contributed by atoms with E-state index in [9.17, 15) is 0 Å². The molecule has 3 aromatic carbocycles. The van der Waals surface area contributed by atoms with Gasteiger partial charge in [0.2, 0.25) is 0 Å². The fourth-order valence-corrected chi connectivity index (χ4v) is 2.74. The molecule has 0 amide bonds. The number of hydrogen-bond donors (Lipinski definition) is 2. The molecule has 0 aliphatic heterocycles. The Hall–Kier alpha value is -2.74. The van der Waals surface area contributed by atoms with Gasteiger partial charge in [0.25, 0.3) is 0 Å². The molecule has 2 nitrogen and oxygen atoms in total. The van der Waals surface area contributed by atoms with Crippen LogP contribution in [-0.4, -0.2) is 4.98 Å². The zero-order chi connectivity index (χ0) is 13.5. The van der Waals surface area contributed by atoms with Crippen molar-refractivity contribution in [2.45, 2.75) is 0 Å². The SMILES string of the molecule is Nc1ccc2cccc(-c3cc4ccccc4[nH]3)c2c1. The van der Waals surface area contributed by atoms with Crippen LogP contribution < -0.4 is 5.73 Å². The number of H-pyrrole nitrogens is 1. The van der Waals surface area contributed by atoms with E-state index in [1.54, 1.807) is 0 Å². The van der Waals surface area contributed by atoms with Gasteiger partial charge in [0.15, 0.2) is 0 Å². The summed E-state index contributed by atoms with van der Waals surface area (Å²) >= 11 is 0. The van der Waals surface area contributed by atoms with Crippen molar-refractivity contribution in [2.75, 3.05) is 5.73 Å². The highest BCUT2D eigenvalue weighted by atomic mass is 14.7. The summed E-state index contributed by atoms with van der Waals surface area (Å²) in [6, 6.07) is 22.9. The molecule has 4 rings (SSSR count). The number of fused-ring (bicyclic) bond motifs is 2. The van der Waals surface area contributed by atoms with Crippen LogP contribution in [0.25, 0.3) is 32.9 Å². The van der Waals surface area contributed by atoms with E-state index in [0.717, 1.165) is 16.9 Å². The van der Waals surface area contributed by atoms with E-state index in [1.807, 2.05) is 18.2 Å². The van der Waals surface area contributed by atoms with Crippen LogP contribution in [0.2, 0.25) is 0 Å². The molecule has 0 unspecified atom stereocenters. The summed E-state index contributed by atoms with van der Waals surface area (Å²) in [5.41, 5.74) is 10.2. The van der Waals surface area contributed by atoms with Gasteiger partial charge in [0.1, 0.15) is 0 Å². The summed E-state index contributed by atoms with van der Waals surface area (Å²) in [6.07, 6.45) is 0. The van der Waals surface area contributed by atoms with Crippen LogP contribution in [0.15, 0.2) is 66.7 Å². The second-order valence-corrected chi connectivity index (χ2v) is 5.06. The Labute approximate surface area is 116 Å². The molecular weight excluding hydrogens is 244 g/mol. The first kappa shape index (κ1) is 11.1. The van der Waals surface area contributed by atoms with E-state index in [0.29, 0.717) is 0 Å². The molecule has 0 spiro atoms. The highest BCUT2D eigenvalue weighted by Gasteiger charge is 2.07. The fourth-order valence-electron chi connectivity index (χ4n) is 2.74. The Morgan fingerprint density at radius 1 is 0.750 bits per heavy atom. The second-order valence-electron chi connectivity index (χ2n) is 5.06. The maximum absolute atomic E-state index is 5.94. The number of benzene rings is 3. The molecule has 0 fully saturated rings. The van der Waals surface area contributed by atoms with Crippen molar-refractivity contribution < 1.29 is 0 Å². The average molecular weight is 258 g/mol. The molecule has 96 valence electrons. The Kier molecular flexibility index (Phi) is 2.30. The normalized spacial score (nSPS) is 11.2. The van der Waals surface area contributed by atoms with Crippen molar-refractivity contribution in [3.8, 4) is 11.3 Å². The lowest BCUT2D eigenvalue weighted by atomic mass is 10.0. The molecule has 20 heavy (non-hydrogen) atoms. The van der Waals surface area contributed by atoms with Gasteiger partial charge in [-0.2, -0.15) is 0 Å². The molecule has 0 atom stereocenters. The predicted molar refractivity (Wildman–Crippen MR) is 85.7 cm³/mol. The third-order valence-corrected chi connectivity index (χ3v) is 3.73. The fraction of sp³-hybridized carbons (Fsp3) is 0. The molecule has 3 N–H and O–H groups in total. The van der Waals surface area contributed by atoms with E-state index in [1.165, 1.54) is 21.7 Å². The third-order valence-electron chi connectivity index (χ3n) is 3.73. The number of para-hydroxylation sites is 1. The van der Waals surface area contributed by atoms with Gasteiger partial charge in [-0.1, -0.05) is 42.5 Å². The lowest BCUT2D eigenvalue weighted by molar-refractivity contribution is 1.47. The minimum absolute atomic E-state index is 0.793. The standard InChI is InChI=1S/C18H14N2/c19-14-9-8-12-5-3-6-15(16(12)11-14)18-10-13-4-1-2-7-17(13)20-18/h1-11,20H,19H2. The number of nitrogen functional groups attached to an aromatic ring is 1. The lowest BCUT2D eigenvalue weighted by Gasteiger charge is -2.05. The summed E-state index contributed by atoms with van der Waals surface area (Å²) in [7, 11) is 0. The largest absolute Gasteiger partial charge is 0.399 e. The Morgan fingerprint density at radius 2 is 1.60 bits per heavy atom. The molecule has 0 saturated carbocycles. The van der Waals surface area contributed by atoms with Crippen molar-refractivity contribution in [3.63, 3.8) is 0 Å². The van der Waals surface area contributed by atoms with E-state index < -0.39 is 0 Å². The molecule has 0 aliphatic rings. The van der Waals surface area contributed by atoms with Crippen molar-refractivity contribution in [3.05, 3.63) is 66.7 Å². The summed E-state index contributed by atoms with van der Waals surface area (Å²) < 4.78 is 0. The molecule has 4 aromatic rings. The molecule has 1 aromatic heterocycles. The number of nitrogens with one attached hydrogen (secondary N) is 1. The van der Waals surface area contributed by atoms with Crippen LogP contribution in [0.3, 0.4) is 0 Å². The predicted octanol–water partition coefficient (Wildman–Crippen LogP) is 4.57. The van der Waals surface area contributed by atoms with Crippen LogP contribution in [0.1, 0.15) is 0 Å². The molecule has 0 radical (unpaired) electrons. The van der Waals surface area contributed by atoms with Crippen molar-refractivity contribution >= 4 is 27.4 Å². The van der Waals surface area contributed by atoms with Gasteiger partial charge < -0.3 is 10.7 Å². The first-order valence-corrected chi connectivity index (χ1v) is 6.68. The highest BCUT2D eigenvalue weighted by Crippen LogP contribution is 2.31. The van der Waals surface area contributed by atoms with Gasteiger partial charge in [0, 0.05) is 27.8 Å². The number of anilines is 1. The number of rotatable bonds is 1. The van der Waals surface area contributed by atoms with E-state index in [-0.39, 0.29) is 0 Å². The molecule has 0 bridgehead atoms. The van der Waals surface area contributed by atoms with Gasteiger partial charge >= 0.3 is 0 Å². The molecule has 1 heterocycles. The van der Waals surface area contributed by atoms with Gasteiger partial charge in [-0.3, -0.25) is 0 Å². The molecular formula is C18H14N2. The lowest BCUT2D eigenvalue weighted by Crippen LogP contribution is -1.86. The Balaban J connectivity index is 2.03. The smallest absolute Gasteiger partial charge is 0.0471 e. The zero-order valence-electron chi connectivity index (χ0n) is 10.9. The number of nitrogens with two attached hydrogens (primary N) is 1. The molecule has 2 heteroatoms. The number of aromatic amines is 1. The quantitative estimate of drug-likeness (QED) is 0.482. The Morgan fingerprint density at radius 3 is 2.50 bits per heavy atom. The zero-order valence-corrected chi connectivity index (χ0v) is 10.9. The van der Waals surface area contributed by atoms with Crippen LogP contribution >= 0.6 is 0 Å². The summed E-state index contributed by atoms with van der Waals surface area (Å²) in [4.78, 5) is 3.48. The maximum Gasteiger partial charge on any atom is 0.0471 e. The van der Waals surface area contributed by atoms with Crippen LogP contribution in [0.4, 0.5) is 5.69 Å². The number of hydrogen-bond acceptors (Lipinski definition) is 1. The second kappa shape index (κ2) is 4.14. The van der Waals surface area contributed by atoms with Crippen molar-refractivity contribution in [1.29, 1.82) is 0 Å². The van der Waals surface area contributed by atoms with Gasteiger partial charge in [-0.15, -0.1) is 0 Å². The third kappa shape index (κ3) is 1.66. The Bertz CT molecular complexity index is 886. The van der Waals surface area contributed by atoms with Crippen LogP contribution in [0.5, 0.6) is 0 Å². The average Bonchev–Trinajstić information content (AvgIpc) is 2.90. The van der Waals surface area contributed by atoms with Gasteiger partial charge in [0.05, 0.1) is 0 Å². The minimum atomic E-state index is 0.793. The topological polar surface area (TPSA) is 41.8 Å². The summed E-state index contributed by atoms with van der Waals surface area (Å²) in [5.74, 6) is 0. The first-order valence-electron chi connectivity index (χ1n) is 6.68. The minimum Gasteiger partial charge on any atom is -0.399 e. The monoisotopic (exact) mass is 258 g/mol. The maximum atomic E-state index is 5.94. The van der Waals surface area contributed by atoms with Crippen molar-refractivity contribution in [2.24, 2.45) is 0 Å². The summed E-state index contributed by atoms with van der Waals surface area (Å²) in [6.45, 7) is 0. The van der Waals surface area contributed by atoms with Crippen molar-refractivity contribution in [1.82, 2.24) is 4.98 Å². The van der Waals surface area contributed by atoms with Crippen LogP contribution in [0, 0.1) is 0 Å². The molecule has 0 saturated heterocycles. The number of aromatic nitrogens is 1. The van der Waals surface area contributed by atoms with Gasteiger partial charge in [-0.25, -0.2) is 0 Å². The summed E-state index contributed by atoms with van der Waals surface area (Å²) in [5, 5.41) is 3.61. The van der Waals surface area contributed by atoms with E-state index >= 15 is 0 Å².